The molecule has 0 spiro atoms. The molecule has 0 saturated carbocycles. The van der Waals surface area contributed by atoms with E-state index in [1.54, 1.807) is 18.3 Å². The highest BCUT2D eigenvalue weighted by Crippen LogP contribution is 2.13. The van der Waals surface area contributed by atoms with E-state index in [1.807, 2.05) is 19.1 Å². The molecule has 0 aliphatic rings. The molecule has 5 heteroatoms. The van der Waals surface area contributed by atoms with Gasteiger partial charge in [-0.05, 0) is 30.7 Å². The fourth-order valence-electron chi connectivity index (χ4n) is 0.990. The second kappa shape index (κ2) is 7.00. The van der Waals surface area contributed by atoms with Crippen molar-refractivity contribution in [3.8, 4) is 0 Å². The molecular formula is C11H14BrN3O. The van der Waals surface area contributed by atoms with Crippen LogP contribution < -0.4 is 10.7 Å². The molecule has 0 radical (unpaired) electrons. The van der Waals surface area contributed by atoms with Crippen LogP contribution in [0.3, 0.4) is 0 Å². The molecular weight excluding hydrogens is 270 g/mol. The smallest absolute Gasteiger partial charge is 0.307 e. The first-order chi connectivity index (χ1) is 7.72. The summed E-state index contributed by atoms with van der Waals surface area (Å²) in [4.78, 5) is 11.3. The molecule has 0 atom stereocenters. The van der Waals surface area contributed by atoms with Gasteiger partial charge in [0.25, 0.3) is 0 Å². The van der Waals surface area contributed by atoms with E-state index >= 15 is 0 Å². The molecule has 0 aromatic heterocycles. The topological polar surface area (TPSA) is 53.5 Å². The van der Waals surface area contributed by atoms with E-state index in [4.69, 9.17) is 0 Å². The first kappa shape index (κ1) is 12.7. The summed E-state index contributed by atoms with van der Waals surface area (Å²) in [6.07, 6.45) is 3.55. The van der Waals surface area contributed by atoms with Crippen molar-refractivity contribution in [3.63, 3.8) is 0 Å². The van der Waals surface area contributed by atoms with Crippen LogP contribution in [0.4, 0.5) is 10.5 Å². The standard InChI is InChI=1S/C11H14BrN3O/c1-2-3-8-13-15-11(16)14-10-6-4-9(12)5-7-10/h4-8H,2-3H2,1H3,(H2,14,15,16). The van der Waals surface area contributed by atoms with Gasteiger partial charge in [0.2, 0.25) is 0 Å². The van der Waals surface area contributed by atoms with Crippen molar-refractivity contribution in [1.82, 2.24) is 5.43 Å². The van der Waals surface area contributed by atoms with E-state index in [1.165, 1.54) is 0 Å². The van der Waals surface area contributed by atoms with E-state index in [0.29, 0.717) is 0 Å². The lowest BCUT2D eigenvalue weighted by Crippen LogP contribution is -2.24. The Morgan fingerprint density at radius 3 is 2.75 bits per heavy atom. The third-order valence-corrected chi connectivity index (χ3v) is 2.31. The Bertz CT molecular complexity index is 362. The van der Waals surface area contributed by atoms with Crippen molar-refractivity contribution in [2.45, 2.75) is 19.8 Å². The van der Waals surface area contributed by atoms with Crippen LogP contribution in [-0.4, -0.2) is 12.2 Å². The number of hydrogen-bond acceptors (Lipinski definition) is 2. The minimum absolute atomic E-state index is 0.338. The zero-order valence-electron chi connectivity index (χ0n) is 9.03. The fourth-order valence-corrected chi connectivity index (χ4v) is 1.25. The highest BCUT2D eigenvalue weighted by atomic mass is 79.9. The number of nitrogens with zero attached hydrogens (tertiary/aromatic N) is 1. The summed E-state index contributed by atoms with van der Waals surface area (Å²) >= 11 is 3.32. The molecule has 0 unspecified atom stereocenters. The molecule has 2 amide bonds. The minimum Gasteiger partial charge on any atom is -0.307 e. The molecule has 1 aromatic rings. The van der Waals surface area contributed by atoms with E-state index in [-0.39, 0.29) is 6.03 Å². The van der Waals surface area contributed by atoms with Gasteiger partial charge in [0.05, 0.1) is 0 Å². The van der Waals surface area contributed by atoms with Gasteiger partial charge in [-0.3, -0.25) is 0 Å². The maximum absolute atomic E-state index is 11.3. The predicted molar refractivity (Wildman–Crippen MR) is 69.7 cm³/mol. The molecule has 0 heterocycles. The zero-order valence-corrected chi connectivity index (χ0v) is 10.6. The van der Waals surface area contributed by atoms with E-state index in [0.717, 1.165) is 23.0 Å². The van der Waals surface area contributed by atoms with Crippen LogP contribution in [0.15, 0.2) is 33.8 Å². The molecule has 0 aliphatic carbocycles. The SMILES string of the molecule is CCCC=NNC(=O)Nc1ccc(Br)cc1. The number of halogens is 1. The van der Waals surface area contributed by atoms with Gasteiger partial charge in [-0.15, -0.1) is 0 Å². The van der Waals surface area contributed by atoms with Gasteiger partial charge < -0.3 is 5.32 Å². The number of urea groups is 1. The first-order valence-corrected chi connectivity index (χ1v) is 5.85. The first-order valence-electron chi connectivity index (χ1n) is 5.06. The second-order valence-corrected chi connectivity index (χ2v) is 4.09. The van der Waals surface area contributed by atoms with Crippen LogP contribution in [-0.2, 0) is 0 Å². The number of benzene rings is 1. The van der Waals surface area contributed by atoms with Gasteiger partial charge in [0.1, 0.15) is 0 Å². The maximum atomic E-state index is 11.3. The van der Waals surface area contributed by atoms with E-state index < -0.39 is 0 Å². The number of hydrazone groups is 1. The van der Waals surface area contributed by atoms with Crippen molar-refractivity contribution >= 4 is 33.9 Å². The van der Waals surface area contributed by atoms with Crippen molar-refractivity contribution in [2.24, 2.45) is 5.10 Å². The van der Waals surface area contributed by atoms with E-state index in [9.17, 15) is 4.79 Å². The predicted octanol–water partition coefficient (Wildman–Crippen LogP) is 3.36. The Hall–Kier alpha value is -1.36. The van der Waals surface area contributed by atoms with Gasteiger partial charge in [-0.25, -0.2) is 10.2 Å². The number of unbranched alkanes of at least 4 members (excludes halogenated alkanes) is 1. The lowest BCUT2D eigenvalue weighted by molar-refractivity contribution is 0.252. The molecule has 2 N–H and O–H groups in total. The molecule has 0 saturated heterocycles. The van der Waals surface area contributed by atoms with E-state index in [2.05, 4.69) is 31.8 Å². The summed E-state index contributed by atoms with van der Waals surface area (Å²) in [6.45, 7) is 2.05. The highest BCUT2D eigenvalue weighted by Gasteiger charge is 1.98. The number of carbonyl (C=O) groups excluding carboxylic acids is 1. The molecule has 0 fully saturated rings. The molecule has 1 rings (SSSR count). The summed E-state index contributed by atoms with van der Waals surface area (Å²) in [5.41, 5.74) is 3.12. The number of carbonyl (C=O) groups is 1. The van der Waals surface area contributed by atoms with Crippen LogP contribution in [0, 0.1) is 0 Å². The second-order valence-electron chi connectivity index (χ2n) is 3.17. The molecule has 1 aromatic carbocycles. The Morgan fingerprint density at radius 1 is 1.44 bits per heavy atom. The summed E-state index contributed by atoms with van der Waals surface area (Å²) in [7, 11) is 0. The Labute approximate surface area is 103 Å². The Morgan fingerprint density at radius 2 is 2.12 bits per heavy atom. The summed E-state index contributed by atoms with van der Waals surface area (Å²) < 4.78 is 0.972. The number of amides is 2. The van der Waals surface area contributed by atoms with Gasteiger partial charge >= 0.3 is 6.03 Å². The normalized spacial score (nSPS) is 10.4. The highest BCUT2D eigenvalue weighted by molar-refractivity contribution is 9.10. The summed E-state index contributed by atoms with van der Waals surface area (Å²) in [5.74, 6) is 0. The number of rotatable bonds is 4. The quantitative estimate of drug-likeness (QED) is 0.646. The van der Waals surface area contributed by atoms with Gasteiger partial charge in [-0.1, -0.05) is 29.3 Å². The third-order valence-electron chi connectivity index (χ3n) is 1.78. The molecule has 16 heavy (non-hydrogen) atoms. The molecule has 4 nitrogen and oxygen atoms in total. The minimum atomic E-state index is -0.338. The molecule has 86 valence electrons. The Balaban J connectivity index is 2.37. The van der Waals surface area contributed by atoms with Crippen molar-refractivity contribution in [3.05, 3.63) is 28.7 Å². The fraction of sp³-hybridized carbons (Fsp3) is 0.273. The maximum Gasteiger partial charge on any atom is 0.339 e. The monoisotopic (exact) mass is 283 g/mol. The summed E-state index contributed by atoms with van der Waals surface area (Å²) in [6, 6.07) is 6.99. The Kier molecular flexibility index (Phi) is 5.56. The van der Waals surface area contributed by atoms with Crippen LogP contribution in [0.2, 0.25) is 0 Å². The zero-order chi connectivity index (χ0) is 11.8. The average Bonchev–Trinajstić information content (AvgIpc) is 2.28. The van der Waals surface area contributed by atoms with Gasteiger partial charge in [-0.2, -0.15) is 5.10 Å². The molecule has 0 aliphatic heterocycles. The van der Waals surface area contributed by atoms with Crippen LogP contribution >= 0.6 is 15.9 Å². The van der Waals surface area contributed by atoms with Crippen LogP contribution in [0.1, 0.15) is 19.8 Å². The lowest BCUT2D eigenvalue weighted by Gasteiger charge is -2.03. The number of hydrogen-bond donors (Lipinski definition) is 2. The third kappa shape index (κ3) is 4.93. The van der Waals surface area contributed by atoms with Gasteiger partial charge in [0.15, 0.2) is 0 Å². The lowest BCUT2D eigenvalue weighted by atomic mass is 10.3. The largest absolute Gasteiger partial charge is 0.339 e. The van der Waals surface area contributed by atoms with Crippen LogP contribution in [0.5, 0.6) is 0 Å². The number of nitrogens with one attached hydrogen (secondary N) is 2. The summed E-state index contributed by atoms with van der Waals surface area (Å²) in [5, 5.41) is 6.44. The average molecular weight is 284 g/mol. The van der Waals surface area contributed by atoms with Crippen molar-refractivity contribution in [1.29, 1.82) is 0 Å². The number of anilines is 1. The van der Waals surface area contributed by atoms with Crippen molar-refractivity contribution < 1.29 is 4.79 Å². The van der Waals surface area contributed by atoms with Gasteiger partial charge in [0, 0.05) is 16.4 Å². The molecule has 0 bridgehead atoms. The van der Waals surface area contributed by atoms with Crippen molar-refractivity contribution in [2.75, 3.05) is 5.32 Å². The van der Waals surface area contributed by atoms with Crippen LogP contribution in [0.25, 0.3) is 0 Å².